The Morgan fingerprint density at radius 2 is 0.807 bits per heavy atom. The predicted octanol–water partition coefficient (Wildman–Crippen LogP) is 9.72. The highest BCUT2D eigenvalue weighted by atomic mass is 28.3. The van der Waals surface area contributed by atoms with Gasteiger partial charge in [-0.1, -0.05) is 188 Å². The van der Waals surface area contributed by atoms with Gasteiger partial charge in [0, 0.05) is 33.2 Å². The van der Waals surface area contributed by atoms with E-state index in [2.05, 4.69) is 0 Å². The molecular weight excluding hydrogens is 709 g/mol. The van der Waals surface area contributed by atoms with Gasteiger partial charge in [0.25, 0.3) is 0 Å². The monoisotopic (exact) mass is 763 g/mol. The zero-order chi connectivity index (χ0) is 54.3. The van der Waals surface area contributed by atoms with E-state index in [9.17, 15) is 13.7 Å². The quantitative estimate of drug-likeness (QED) is 0.120. The van der Waals surface area contributed by atoms with Crippen LogP contribution in [-0.4, -0.2) is 27.2 Å². The van der Waals surface area contributed by atoms with Crippen molar-refractivity contribution >= 4 is 72.4 Å². The number of benzene rings is 8. The van der Waals surface area contributed by atoms with Crippen LogP contribution >= 0.6 is 0 Å². The topological polar surface area (TPSA) is 35.6 Å². The first-order chi connectivity index (χ1) is 36.2. The van der Waals surface area contributed by atoms with Crippen molar-refractivity contribution in [1.29, 1.82) is 0 Å². The number of hydrogen-bond acceptors (Lipinski definition) is 2. The summed E-state index contributed by atoms with van der Waals surface area (Å²) in [6.45, 7) is 0. The lowest BCUT2D eigenvalue weighted by atomic mass is 10.1. The molecular formula is C52H36N4Si. The summed E-state index contributed by atoms with van der Waals surface area (Å²) in [5.74, 6) is 0.158. The van der Waals surface area contributed by atoms with Crippen molar-refractivity contribution in [3.8, 4) is 23.0 Å². The molecule has 0 atom stereocenters. The van der Waals surface area contributed by atoms with Gasteiger partial charge in [-0.3, -0.25) is 9.13 Å². The summed E-state index contributed by atoms with van der Waals surface area (Å²) in [6.07, 6.45) is 0. The lowest BCUT2D eigenvalue weighted by molar-refractivity contribution is 0.952. The largest absolute Gasteiger partial charge is 0.294 e. The summed E-state index contributed by atoms with van der Waals surface area (Å²) in [7, 11) is -6.14. The standard InChI is InChI=1S/C52H36N4Si/c1-4-20-38(21-5-1)57(39-22-6-2-7-23-39,40-24-8-3-9-25-40)41-26-18-19-37(35-41)46-36-51(55-47-31-14-10-27-42(47)43-28-11-15-32-48(43)55)54-52(53-46)56-49-33-16-12-29-44(49)45-30-13-17-34-50(45)56/h1-36H/i1D,2D,3D,4D,5D,6D,7D,8D,9D,18D,19D,20D,21D,22D,23D,24D,25D,26D,35D. The fourth-order valence-corrected chi connectivity index (χ4v) is 11.4. The molecule has 0 aliphatic carbocycles. The summed E-state index contributed by atoms with van der Waals surface area (Å²) in [5.41, 5.74) is 1.84. The van der Waals surface area contributed by atoms with Gasteiger partial charge in [-0.2, -0.15) is 4.98 Å². The Kier molecular flexibility index (Phi) is 4.48. The summed E-state index contributed by atoms with van der Waals surface area (Å²) < 4.78 is 181. The highest BCUT2D eigenvalue weighted by Gasteiger charge is 2.41. The molecule has 11 aromatic rings. The lowest BCUT2D eigenvalue weighted by Crippen LogP contribution is -2.74. The van der Waals surface area contributed by atoms with Crippen molar-refractivity contribution in [2.24, 2.45) is 0 Å². The molecule has 0 fully saturated rings. The Morgan fingerprint density at radius 3 is 1.26 bits per heavy atom. The van der Waals surface area contributed by atoms with Gasteiger partial charge in [0.1, 0.15) is 5.82 Å². The second-order valence-corrected chi connectivity index (χ2v) is 16.7. The van der Waals surface area contributed by atoms with Crippen LogP contribution in [-0.2, 0) is 0 Å². The van der Waals surface area contributed by atoms with Crippen molar-refractivity contribution in [3.63, 3.8) is 0 Å². The molecule has 0 saturated carbocycles. The molecule has 0 aliphatic heterocycles. The first-order valence-electron chi connectivity index (χ1n) is 27.4. The lowest BCUT2D eigenvalue weighted by Gasteiger charge is -2.34. The van der Waals surface area contributed by atoms with Crippen LogP contribution in [0.25, 0.3) is 66.6 Å². The van der Waals surface area contributed by atoms with Gasteiger partial charge in [0.2, 0.25) is 5.95 Å². The minimum atomic E-state index is -6.14. The van der Waals surface area contributed by atoms with Crippen molar-refractivity contribution in [2.45, 2.75) is 0 Å². The third-order valence-corrected chi connectivity index (χ3v) is 14.2. The van der Waals surface area contributed by atoms with Crippen LogP contribution in [0.5, 0.6) is 0 Å². The summed E-state index contributed by atoms with van der Waals surface area (Å²) in [5, 5.41) is -0.432. The van der Waals surface area contributed by atoms with Crippen LogP contribution in [0.3, 0.4) is 0 Å². The Morgan fingerprint density at radius 1 is 0.404 bits per heavy atom. The maximum absolute atomic E-state index is 10.5. The van der Waals surface area contributed by atoms with Crippen molar-refractivity contribution in [2.75, 3.05) is 0 Å². The highest BCUT2D eigenvalue weighted by molar-refractivity contribution is 7.19. The smallest absolute Gasteiger partial charge is 0.237 e. The average Bonchev–Trinajstić information content (AvgIpc) is 4.07. The minimum Gasteiger partial charge on any atom is -0.294 e. The van der Waals surface area contributed by atoms with E-state index in [4.69, 9.17) is 22.3 Å². The number of para-hydroxylation sites is 4. The Bertz CT molecular complexity index is 3890. The molecule has 0 N–H and O–H groups in total. The van der Waals surface area contributed by atoms with Gasteiger partial charge in [-0.05, 0) is 45.0 Å². The van der Waals surface area contributed by atoms with Crippen LogP contribution in [0.2, 0.25) is 0 Å². The average molecular weight is 764 g/mol. The van der Waals surface area contributed by atoms with E-state index in [-0.39, 0.29) is 17.5 Å². The van der Waals surface area contributed by atoms with Gasteiger partial charge in [-0.15, -0.1) is 0 Å². The van der Waals surface area contributed by atoms with Gasteiger partial charge < -0.3 is 0 Å². The van der Waals surface area contributed by atoms with Crippen LogP contribution in [0.4, 0.5) is 0 Å². The Hall–Kier alpha value is -7.34. The number of nitrogens with zero attached hydrogens (tertiary/aromatic N) is 4. The molecule has 3 aromatic heterocycles. The highest BCUT2D eigenvalue weighted by Crippen LogP contribution is 2.35. The van der Waals surface area contributed by atoms with E-state index in [1.807, 2.05) is 102 Å². The Labute approximate surface area is 358 Å². The molecule has 4 nitrogen and oxygen atoms in total. The predicted molar refractivity (Wildman–Crippen MR) is 240 cm³/mol. The molecule has 0 bridgehead atoms. The second-order valence-electron chi connectivity index (χ2n) is 13.2. The van der Waals surface area contributed by atoms with Crippen LogP contribution < -0.4 is 20.7 Å². The number of aromatic nitrogens is 4. The number of hydrogen-bond donors (Lipinski definition) is 0. The maximum Gasteiger partial charge on any atom is 0.237 e. The van der Waals surface area contributed by atoms with Crippen LogP contribution in [0, 0.1) is 0 Å². The zero-order valence-electron chi connectivity index (χ0n) is 48.6. The molecule has 268 valence electrons. The van der Waals surface area contributed by atoms with E-state index in [0.29, 0.717) is 22.1 Å². The molecule has 0 saturated heterocycles. The number of fused-ring (bicyclic) bond motifs is 6. The third-order valence-electron chi connectivity index (χ3n) is 10.2. The van der Waals surface area contributed by atoms with Gasteiger partial charge in [-0.25, -0.2) is 4.98 Å². The van der Waals surface area contributed by atoms with Crippen molar-refractivity contribution in [1.82, 2.24) is 19.1 Å². The summed E-state index contributed by atoms with van der Waals surface area (Å²) in [6, 6.07) is 11.8. The van der Waals surface area contributed by atoms with Crippen molar-refractivity contribution in [3.05, 3.63) is 218 Å². The normalized spacial score (nSPS) is 16.5. The molecule has 0 radical (unpaired) electrons. The molecule has 11 rings (SSSR count). The molecule has 3 heterocycles. The Balaban J connectivity index is 1.40. The molecule has 0 amide bonds. The second kappa shape index (κ2) is 13.4. The molecule has 0 aliphatic rings. The van der Waals surface area contributed by atoms with Crippen molar-refractivity contribution < 1.29 is 26.0 Å². The minimum absolute atomic E-state index is 0.0149. The van der Waals surface area contributed by atoms with Crippen LogP contribution in [0.1, 0.15) is 26.0 Å². The first kappa shape index (κ1) is 19.0. The van der Waals surface area contributed by atoms with E-state index in [0.717, 1.165) is 21.5 Å². The van der Waals surface area contributed by atoms with Gasteiger partial charge >= 0.3 is 0 Å². The van der Waals surface area contributed by atoms with Gasteiger partial charge in [0.05, 0.1) is 53.8 Å². The fourth-order valence-electron chi connectivity index (χ4n) is 7.79. The molecule has 5 heteroatoms. The van der Waals surface area contributed by atoms with E-state index < -0.39 is 149 Å². The van der Waals surface area contributed by atoms with E-state index >= 15 is 0 Å². The van der Waals surface area contributed by atoms with Gasteiger partial charge in [0.15, 0.2) is 8.07 Å². The molecule has 0 unspecified atom stereocenters. The zero-order valence-corrected chi connectivity index (χ0v) is 30.6. The van der Waals surface area contributed by atoms with Crippen LogP contribution in [0.15, 0.2) is 218 Å². The maximum atomic E-state index is 10.5. The molecule has 0 spiro atoms. The first-order valence-corrected chi connectivity index (χ1v) is 19.9. The fraction of sp³-hybridized carbons (Fsp3) is 0. The summed E-state index contributed by atoms with van der Waals surface area (Å²) in [4.78, 5) is 10.3. The molecule has 57 heavy (non-hydrogen) atoms. The SMILES string of the molecule is [2H]c1c([2H])c([2H])c([Si](c2c([2H])c([2H])c([2H])c([2H])c2[2H])(c2c([2H])c([2H])c([2H])c([2H])c2[2H])c2c([2H])c([2H])c([2H])c(-c3cc(-n4c5ccccc5c5ccccc54)nc(-n4c5ccccc5c5ccccc54)n3)c2[2H])c([2H])c1[2H]. The molecule has 8 aromatic carbocycles. The third kappa shape index (κ3) is 5.20. The van der Waals surface area contributed by atoms with E-state index in [1.165, 1.54) is 6.07 Å². The van der Waals surface area contributed by atoms with E-state index in [1.54, 1.807) is 4.57 Å². The number of rotatable bonds is 7. The summed E-state index contributed by atoms with van der Waals surface area (Å²) >= 11 is 0.